The Morgan fingerprint density at radius 2 is 1.85 bits per heavy atom. The van der Waals surface area contributed by atoms with E-state index in [2.05, 4.69) is 15.3 Å². The summed E-state index contributed by atoms with van der Waals surface area (Å²) in [5.74, 6) is -0.290. The highest BCUT2D eigenvalue weighted by Gasteiger charge is 2.30. The zero-order chi connectivity index (χ0) is 19.6. The molecule has 1 atom stereocenters. The van der Waals surface area contributed by atoms with E-state index in [1.165, 1.54) is 12.1 Å². The van der Waals surface area contributed by atoms with Gasteiger partial charge in [-0.1, -0.05) is 18.2 Å². The number of pyridine rings is 1. The number of halogens is 3. The lowest BCUT2D eigenvalue weighted by Gasteiger charge is -2.12. The van der Waals surface area contributed by atoms with E-state index in [9.17, 15) is 18.0 Å². The Labute approximate surface area is 158 Å². The fourth-order valence-corrected chi connectivity index (χ4v) is 3.48. The molecule has 0 unspecified atom stereocenters. The summed E-state index contributed by atoms with van der Waals surface area (Å²) in [6, 6.07) is 9.91. The molecule has 3 rings (SSSR count). The number of hydrogen-bond acceptors (Lipinski definition) is 4. The maximum atomic E-state index is 12.7. The molecule has 0 saturated heterocycles. The minimum atomic E-state index is -4.38. The van der Waals surface area contributed by atoms with Crippen molar-refractivity contribution >= 4 is 17.2 Å². The van der Waals surface area contributed by atoms with Crippen LogP contribution in [0, 0.1) is 6.92 Å². The van der Waals surface area contributed by atoms with Gasteiger partial charge in [0.2, 0.25) is 0 Å². The molecule has 1 amide bonds. The van der Waals surface area contributed by atoms with Gasteiger partial charge in [0, 0.05) is 11.8 Å². The number of aryl methyl sites for hydroxylation is 1. The maximum absolute atomic E-state index is 12.7. The van der Waals surface area contributed by atoms with Crippen LogP contribution in [-0.2, 0) is 6.18 Å². The molecule has 1 aromatic carbocycles. The highest BCUT2D eigenvalue weighted by Crippen LogP contribution is 2.33. The van der Waals surface area contributed by atoms with E-state index in [4.69, 9.17) is 0 Å². The first kappa shape index (κ1) is 19.0. The van der Waals surface area contributed by atoms with Crippen molar-refractivity contribution in [3.63, 3.8) is 0 Å². The van der Waals surface area contributed by atoms with Crippen LogP contribution in [-0.4, -0.2) is 15.9 Å². The highest BCUT2D eigenvalue weighted by molar-refractivity contribution is 7.17. The van der Waals surface area contributed by atoms with Crippen LogP contribution in [0.5, 0.6) is 0 Å². The van der Waals surface area contributed by atoms with Crippen LogP contribution in [0.3, 0.4) is 0 Å². The highest BCUT2D eigenvalue weighted by atomic mass is 32.1. The molecule has 0 aliphatic rings. The van der Waals surface area contributed by atoms with Gasteiger partial charge in [-0.25, -0.2) is 4.98 Å². The van der Waals surface area contributed by atoms with Crippen LogP contribution in [0.2, 0.25) is 0 Å². The molecular formula is C19H16F3N3OS. The fourth-order valence-electron chi connectivity index (χ4n) is 2.50. The summed E-state index contributed by atoms with van der Waals surface area (Å²) in [7, 11) is 0. The molecular weight excluding hydrogens is 375 g/mol. The van der Waals surface area contributed by atoms with Gasteiger partial charge in [0.15, 0.2) is 0 Å². The first-order valence-corrected chi connectivity index (χ1v) is 8.94. The topological polar surface area (TPSA) is 54.9 Å². The van der Waals surface area contributed by atoms with Crippen LogP contribution >= 0.6 is 11.3 Å². The van der Waals surface area contributed by atoms with Crippen molar-refractivity contribution in [2.24, 2.45) is 0 Å². The normalized spacial score (nSPS) is 12.6. The van der Waals surface area contributed by atoms with Gasteiger partial charge >= 0.3 is 6.18 Å². The molecule has 140 valence electrons. The van der Waals surface area contributed by atoms with Crippen molar-refractivity contribution in [3.8, 4) is 10.6 Å². The third kappa shape index (κ3) is 4.33. The Morgan fingerprint density at radius 3 is 2.44 bits per heavy atom. The summed E-state index contributed by atoms with van der Waals surface area (Å²) in [6.45, 7) is 3.53. The lowest BCUT2D eigenvalue weighted by molar-refractivity contribution is -0.137. The summed E-state index contributed by atoms with van der Waals surface area (Å²) in [5, 5.41) is 3.36. The van der Waals surface area contributed by atoms with Crippen LogP contribution in [0.4, 0.5) is 13.2 Å². The molecule has 0 fully saturated rings. The van der Waals surface area contributed by atoms with Gasteiger partial charge in [0.1, 0.15) is 9.88 Å². The van der Waals surface area contributed by atoms with E-state index >= 15 is 0 Å². The Kier molecular flexibility index (Phi) is 5.27. The number of benzene rings is 1. The molecule has 1 N–H and O–H groups in total. The molecule has 8 heteroatoms. The summed E-state index contributed by atoms with van der Waals surface area (Å²) >= 11 is 1.15. The molecule has 0 aliphatic carbocycles. The quantitative estimate of drug-likeness (QED) is 0.679. The second-order valence-electron chi connectivity index (χ2n) is 5.96. The maximum Gasteiger partial charge on any atom is 0.416 e. The van der Waals surface area contributed by atoms with Crippen molar-refractivity contribution in [1.82, 2.24) is 15.3 Å². The van der Waals surface area contributed by atoms with Crippen molar-refractivity contribution in [2.75, 3.05) is 0 Å². The van der Waals surface area contributed by atoms with E-state index in [-0.39, 0.29) is 11.9 Å². The number of alkyl halides is 3. The van der Waals surface area contributed by atoms with Gasteiger partial charge in [-0.3, -0.25) is 9.78 Å². The Hall–Kier alpha value is -2.74. The van der Waals surface area contributed by atoms with Gasteiger partial charge in [-0.15, -0.1) is 11.3 Å². The molecule has 4 nitrogen and oxygen atoms in total. The van der Waals surface area contributed by atoms with Crippen LogP contribution in [0.1, 0.15) is 39.6 Å². The standard InChI is InChI=1S/C19H16F3N3OS/c1-11(15-5-3-4-10-23-15)24-17(26)16-12(2)25-18(27-16)13-6-8-14(9-7-13)19(20,21)22/h3-11H,1-2H3,(H,24,26)/t11-/m1/s1. The smallest absolute Gasteiger partial charge is 0.343 e. The Bertz CT molecular complexity index is 937. The van der Waals surface area contributed by atoms with Gasteiger partial charge < -0.3 is 5.32 Å². The van der Waals surface area contributed by atoms with Crippen molar-refractivity contribution in [1.29, 1.82) is 0 Å². The third-order valence-electron chi connectivity index (χ3n) is 3.94. The molecule has 0 radical (unpaired) electrons. The molecule has 0 spiro atoms. The Morgan fingerprint density at radius 1 is 1.15 bits per heavy atom. The van der Waals surface area contributed by atoms with Gasteiger partial charge in [-0.05, 0) is 38.1 Å². The van der Waals surface area contributed by atoms with E-state index < -0.39 is 11.7 Å². The monoisotopic (exact) mass is 391 g/mol. The van der Waals surface area contributed by atoms with Gasteiger partial charge in [-0.2, -0.15) is 13.2 Å². The number of nitrogens with one attached hydrogen (secondary N) is 1. The molecule has 3 aromatic rings. The van der Waals surface area contributed by atoms with Crippen molar-refractivity contribution in [3.05, 3.63) is 70.5 Å². The zero-order valence-corrected chi connectivity index (χ0v) is 15.4. The minimum absolute atomic E-state index is 0.283. The summed E-state index contributed by atoms with van der Waals surface area (Å²) in [5.41, 5.74) is 1.08. The second-order valence-corrected chi connectivity index (χ2v) is 6.96. The van der Waals surface area contributed by atoms with Crippen molar-refractivity contribution < 1.29 is 18.0 Å². The lowest BCUT2D eigenvalue weighted by atomic mass is 10.1. The van der Waals surface area contributed by atoms with Crippen molar-refractivity contribution in [2.45, 2.75) is 26.1 Å². The largest absolute Gasteiger partial charge is 0.416 e. The first-order chi connectivity index (χ1) is 12.8. The average Bonchev–Trinajstić information content (AvgIpc) is 3.03. The van der Waals surface area contributed by atoms with E-state index in [0.29, 0.717) is 21.1 Å². The number of aromatic nitrogens is 2. The fraction of sp³-hybridized carbons (Fsp3) is 0.211. The summed E-state index contributed by atoms with van der Waals surface area (Å²) in [6.07, 6.45) is -2.73. The van der Waals surface area contributed by atoms with Crippen LogP contribution in [0.15, 0.2) is 48.7 Å². The molecule has 27 heavy (non-hydrogen) atoms. The van der Waals surface area contributed by atoms with Crippen LogP contribution < -0.4 is 5.32 Å². The van der Waals surface area contributed by atoms with E-state index in [1.54, 1.807) is 19.2 Å². The molecule has 0 aliphatic heterocycles. The number of carbonyl (C=O) groups excluding carboxylic acids is 1. The number of carbonyl (C=O) groups is 1. The average molecular weight is 391 g/mol. The predicted octanol–water partition coefficient (Wildman–Crippen LogP) is 5.02. The van der Waals surface area contributed by atoms with Gasteiger partial charge in [0.05, 0.1) is 23.0 Å². The first-order valence-electron chi connectivity index (χ1n) is 8.12. The SMILES string of the molecule is Cc1nc(-c2ccc(C(F)(F)F)cc2)sc1C(=O)N[C@H](C)c1ccccn1. The molecule has 2 aromatic heterocycles. The minimum Gasteiger partial charge on any atom is -0.343 e. The van der Waals surface area contributed by atoms with Crippen LogP contribution in [0.25, 0.3) is 10.6 Å². The summed E-state index contributed by atoms with van der Waals surface area (Å²) < 4.78 is 38.1. The van der Waals surface area contributed by atoms with E-state index in [1.807, 2.05) is 19.1 Å². The molecule has 0 bridgehead atoms. The van der Waals surface area contributed by atoms with Gasteiger partial charge in [0.25, 0.3) is 5.91 Å². The zero-order valence-electron chi connectivity index (χ0n) is 14.5. The number of rotatable bonds is 4. The summed E-state index contributed by atoms with van der Waals surface area (Å²) in [4.78, 5) is 21.5. The number of thiazole rings is 1. The Balaban J connectivity index is 1.79. The lowest BCUT2D eigenvalue weighted by Crippen LogP contribution is -2.27. The second kappa shape index (κ2) is 7.48. The molecule has 0 saturated carbocycles. The number of hydrogen-bond donors (Lipinski definition) is 1. The number of amides is 1. The number of nitrogens with zero attached hydrogens (tertiary/aromatic N) is 2. The third-order valence-corrected chi connectivity index (χ3v) is 5.15. The predicted molar refractivity (Wildman–Crippen MR) is 97.4 cm³/mol. The molecule has 2 heterocycles. The van der Waals surface area contributed by atoms with E-state index in [0.717, 1.165) is 29.2 Å².